The highest BCUT2D eigenvalue weighted by atomic mass is 32.2. The van der Waals surface area contributed by atoms with Gasteiger partial charge in [-0.15, -0.1) is 0 Å². The number of hydrogen-bond acceptors (Lipinski definition) is 6. The van der Waals surface area contributed by atoms with Gasteiger partial charge in [0.05, 0.1) is 17.6 Å². The van der Waals surface area contributed by atoms with Crippen LogP contribution >= 0.6 is 0 Å². The molecule has 0 aliphatic rings. The summed E-state index contributed by atoms with van der Waals surface area (Å²) >= 11 is 0. The van der Waals surface area contributed by atoms with Crippen molar-refractivity contribution in [3.63, 3.8) is 0 Å². The van der Waals surface area contributed by atoms with Gasteiger partial charge >= 0.3 is 0 Å². The minimum Gasteiger partial charge on any atom is -0.324 e. The molecular formula is C18H17N5O3S. The maximum Gasteiger partial charge on any atom is 0.255 e. The molecule has 0 saturated heterocycles. The number of carbonyl (C=O) groups is 1. The predicted octanol–water partition coefficient (Wildman–Crippen LogP) is 2.84. The van der Waals surface area contributed by atoms with Gasteiger partial charge in [-0.25, -0.2) is 18.4 Å². The van der Waals surface area contributed by atoms with Crippen LogP contribution in [0.4, 0.5) is 23.0 Å². The Morgan fingerprint density at radius 1 is 0.926 bits per heavy atom. The van der Waals surface area contributed by atoms with E-state index < -0.39 is 10.0 Å². The van der Waals surface area contributed by atoms with Crippen LogP contribution in [0.3, 0.4) is 0 Å². The van der Waals surface area contributed by atoms with E-state index in [1.54, 1.807) is 67.0 Å². The summed E-state index contributed by atoms with van der Waals surface area (Å²) in [7, 11) is -3.47. The van der Waals surface area contributed by atoms with Gasteiger partial charge in [0, 0.05) is 23.6 Å². The number of benzene rings is 2. The van der Waals surface area contributed by atoms with Crippen LogP contribution in [-0.4, -0.2) is 30.5 Å². The summed E-state index contributed by atoms with van der Waals surface area (Å²) in [6.07, 6.45) is 4.27. The third-order valence-corrected chi connectivity index (χ3v) is 4.01. The van der Waals surface area contributed by atoms with Crippen LogP contribution in [0.15, 0.2) is 67.0 Å². The van der Waals surface area contributed by atoms with Gasteiger partial charge in [0.2, 0.25) is 16.0 Å². The van der Waals surface area contributed by atoms with Crippen LogP contribution in [0.1, 0.15) is 10.4 Å². The highest BCUT2D eigenvalue weighted by Crippen LogP contribution is 2.23. The molecule has 8 nitrogen and oxygen atoms in total. The first-order valence-corrected chi connectivity index (χ1v) is 9.82. The first-order valence-electron chi connectivity index (χ1n) is 7.93. The van der Waals surface area contributed by atoms with Crippen molar-refractivity contribution in [1.82, 2.24) is 9.97 Å². The lowest BCUT2D eigenvalue weighted by atomic mass is 10.1. The second kappa shape index (κ2) is 7.83. The molecule has 0 bridgehead atoms. The summed E-state index contributed by atoms with van der Waals surface area (Å²) in [6.45, 7) is 0. The average molecular weight is 383 g/mol. The topological polar surface area (TPSA) is 113 Å². The lowest BCUT2D eigenvalue weighted by Crippen LogP contribution is -2.16. The number of sulfonamides is 1. The van der Waals surface area contributed by atoms with Crippen molar-refractivity contribution in [1.29, 1.82) is 0 Å². The molecule has 3 rings (SSSR count). The monoisotopic (exact) mass is 383 g/mol. The molecule has 0 aliphatic carbocycles. The Labute approximate surface area is 156 Å². The fourth-order valence-corrected chi connectivity index (χ4v) is 2.88. The normalized spacial score (nSPS) is 10.9. The number of amides is 1. The third kappa shape index (κ3) is 5.25. The Kier molecular flexibility index (Phi) is 5.32. The first kappa shape index (κ1) is 18.3. The number of rotatable bonds is 6. The molecule has 0 radical (unpaired) electrons. The van der Waals surface area contributed by atoms with E-state index in [1.165, 1.54) is 0 Å². The maximum atomic E-state index is 12.6. The van der Waals surface area contributed by atoms with Crippen LogP contribution in [-0.2, 0) is 10.0 Å². The highest BCUT2D eigenvalue weighted by molar-refractivity contribution is 7.92. The molecule has 138 valence electrons. The summed E-state index contributed by atoms with van der Waals surface area (Å²) < 4.78 is 25.3. The fourth-order valence-electron chi connectivity index (χ4n) is 2.31. The maximum absolute atomic E-state index is 12.6. The Morgan fingerprint density at radius 3 is 2.33 bits per heavy atom. The molecule has 3 N–H and O–H groups in total. The summed E-state index contributed by atoms with van der Waals surface area (Å²) in [5, 5.41) is 5.73. The van der Waals surface area contributed by atoms with Crippen molar-refractivity contribution in [2.24, 2.45) is 0 Å². The van der Waals surface area contributed by atoms with Crippen LogP contribution in [0.25, 0.3) is 0 Å². The van der Waals surface area contributed by atoms with E-state index in [0.717, 1.165) is 6.26 Å². The molecular weight excluding hydrogens is 366 g/mol. The number of hydrogen-bond donors (Lipinski definition) is 3. The van der Waals surface area contributed by atoms with Gasteiger partial charge in [-0.05, 0) is 36.4 Å². The van der Waals surface area contributed by atoms with Crippen molar-refractivity contribution in [2.75, 3.05) is 21.6 Å². The van der Waals surface area contributed by atoms with Crippen molar-refractivity contribution in [2.45, 2.75) is 0 Å². The zero-order chi connectivity index (χ0) is 19.3. The summed E-state index contributed by atoms with van der Waals surface area (Å²) in [5.41, 5.74) is 1.69. The van der Waals surface area contributed by atoms with E-state index in [0.29, 0.717) is 28.6 Å². The largest absolute Gasteiger partial charge is 0.324 e. The predicted molar refractivity (Wildman–Crippen MR) is 105 cm³/mol. The Hall–Kier alpha value is -3.46. The quantitative estimate of drug-likeness (QED) is 0.603. The molecule has 2 aromatic carbocycles. The molecule has 3 aromatic rings. The zero-order valence-corrected chi connectivity index (χ0v) is 15.2. The fraction of sp³-hybridized carbons (Fsp3) is 0.0556. The second-order valence-corrected chi connectivity index (χ2v) is 7.40. The Morgan fingerprint density at radius 2 is 1.63 bits per heavy atom. The Bertz CT molecular complexity index is 1060. The first-order chi connectivity index (χ1) is 12.9. The molecule has 1 heterocycles. The minimum absolute atomic E-state index is 0.292. The van der Waals surface area contributed by atoms with Gasteiger partial charge in [-0.1, -0.05) is 18.2 Å². The van der Waals surface area contributed by atoms with E-state index in [4.69, 9.17) is 0 Å². The molecule has 0 atom stereocenters. The zero-order valence-electron chi connectivity index (χ0n) is 14.4. The summed E-state index contributed by atoms with van der Waals surface area (Å²) in [5.74, 6) is 0.0353. The second-order valence-electron chi connectivity index (χ2n) is 5.65. The van der Waals surface area contributed by atoms with Gasteiger partial charge in [0.15, 0.2) is 0 Å². The van der Waals surface area contributed by atoms with Gasteiger partial charge in [0.1, 0.15) is 0 Å². The van der Waals surface area contributed by atoms with E-state index in [9.17, 15) is 13.2 Å². The van der Waals surface area contributed by atoms with Crippen LogP contribution in [0, 0.1) is 0 Å². The molecule has 27 heavy (non-hydrogen) atoms. The van der Waals surface area contributed by atoms with E-state index >= 15 is 0 Å². The summed E-state index contributed by atoms with van der Waals surface area (Å²) in [4.78, 5) is 20.7. The third-order valence-electron chi connectivity index (χ3n) is 3.42. The SMILES string of the molecule is CS(=O)(=O)Nc1ccccc1NC(=O)c1cccc(Nc2ncccn2)c1. The van der Waals surface area contributed by atoms with Gasteiger partial charge in [-0.3, -0.25) is 9.52 Å². The highest BCUT2D eigenvalue weighted by Gasteiger charge is 2.12. The lowest BCUT2D eigenvalue weighted by molar-refractivity contribution is 0.102. The molecule has 1 amide bonds. The van der Waals surface area contributed by atoms with Crippen molar-refractivity contribution < 1.29 is 13.2 Å². The van der Waals surface area contributed by atoms with Crippen molar-refractivity contribution in [3.8, 4) is 0 Å². The summed E-state index contributed by atoms with van der Waals surface area (Å²) in [6, 6.07) is 15.1. The van der Waals surface area contributed by atoms with E-state index in [-0.39, 0.29) is 5.91 Å². The van der Waals surface area contributed by atoms with Crippen LogP contribution < -0.4 is 15.4 Å². The lowest BCUT2D eigenvalue weighted by Gasteiger charge is -2.12. The molecule has 0 saturated carbocycles. The standard InChI is InChI=1S/C18H17N5O3S/c1-27(25,26)23-16-9-3-2-8-15(16)22-17(24)13-6-4-7-14(12-13)21-18-19-10-5-11-20-18/h2-12,23H,1H3,(H,22,24)(H,19,20,21). The van der Waals surface area contributed by atoms with Crippen molar-refractivity contribution >= 4 is 38.9 Å². The molecule has 1 aromatic heterocycles. The van der Waals surface area contributed by atoms with Gasteiger partial charge in [0.25, 0.3) is 5.91 Å². The average Bonchev–Trinajstić information content (AvgIpc) is 2.63. The number of carbonyl (C=O) groups excluding carboxylic acids is 1. The molecule has 0 unspecified atom stereocenters. The molecule has 9 heteroatoms. The minimum atomic E-state index is -3.47. The molecule has 0 fully saturated rings. The number of para-hydroxylation sites is 2. The number of anilines is 4. The van der Waals surface area contributed by atoms with E-state index in [1.807, 2.05) is 0 Å². The van der Waals surface area contributed by atoms with Gasteiger partial charge in [-0.2, -0.15) is 0 Å². The van der Waals surface area contributed by atoms with Crippen molar-refractivity contribution in [3.05, 3.63) is 72.6 Å². The Balaban J connectivity index is 1.78. The van der Waals surface area contributed by atoms with Gasteiger partial charge < -0.3 is 10.6 Å². The van der Waals surface area contributed by atoms with Crippen LogP contribution in [0.2, 0.25) is 0 Å². The molecule has 0 aliphatic heterocycles. The number of aromatic nitrogens is 2. The van der Waals surface area contributed by atoms with E-state index in [2.05, 4.69) is 25.3 Å². The smallest absolute Gasteiger partial charge is 0.255 e. The molecule has 0 spiro atoms. The number of nitrogens with one attached hydrogen (secondary N) is 3. The van der Waals surface area contributed by atoms with Crippen LogP contribution in [0.5, 0.6) is 0 Å². The number of nitrogens with zero attached hydrogens (tertiary/aromatic N) is 2.